The summed E-state index contributed by atoms with van der Waals surface area (Å²) >= 11 is 0. The summed E-state index contributed by atoms with van der Waals surface area (Å²) in [5.41, 5.74) is 1.03. The van der Waals surface area contributed by atoms with E-state index in [1.807, 2.05) is 38.2 Å². The topological polar surface area (TPSA) is 53.6 Å². The predicted octanol–water partition coefficient (Wildman–Crippen LogP) is 2.34. The molecule has 2 N–H and O–H groups in total. The zero-order chi connectivity index (χ0) is 17.4. The maximum atomic E-state index is 12.4. The second-order valence-electron chi connectivity index (χ2n) is 6.57. The van der Waals surface area contributed by atoms with Crippen molar-refractivity contribution in [2.45, 2.75) is 45.2 Å². The van der Waals surface area contributed by atoms with E-state index in [4.69, 9.17) is 4.74 Å². The highest BCUT2D eigenvalue weighted by molar-refractivity contribution is 5.78. The molecule has 1 heterocycles. The largest absolute Gasteiger partial charge is 0.493 e. The zero-order valence-electron chi connectivity index (χ0n) is 15.2. The standard InChI is InChI=1S/C19H31N3O2/c1-4-13-24-18-8-6-5-7-17(18)15(2)21-19(23)14-22(3)16-9-11-20-12-10-16/h5-8,15-16,20H,4,9-14H2,1-3H3,(H,21,23)/t15-/m1/s1. The van der Waals surface area contributed by atoms with E-state index in [0.29, 0.717) is 19.2 Å². The van der Waals surface area contributed by atoms with E-state index < -0.39 is 0 Å². The number of carbonyl (C=O) groups excluding carboxylic acids is 1. The van der Waals surface area contributed by atoms with Crippen LogP contribution in [0.2, 0.25) is 0 Å². The van der Waals surface area contributed by atoms with Gasteiger partial charge in [0, 0.05) is 11.6 Å². The fourth-order valence-corrected chi connectivity index (χ4v) is 3.15. The molecule has 1 aliphatic rings. The van der Waals surface area contributed by atoms with Crippen molar-refractivity contribution in [3.05, 3.63) is 29.8 Å². The van der Waals surface area contributed by atoms with Gasteiger partial charge in [-0.05, 0) is 52.4 Å². The number of nitrogens with zero attached hydrogens (tertiary/aromatic N) is 1. The second-order valence-corrected chi connectivity index (χ2v) is 6.57. The average molecular weight is 333 g/mol. The van der Waals surface area contributed by atoms with Crippen molar-refractivity contribution < 1.29 is 9.53 Å². The number of amides is 1. The SMILES string of the molecule is CCCOc1ccccc1[C@@H](C)NC(=O)CN(C)C1CCNCC1. The summed E-state index contributed by atoms with van der Waals surface area (Å²) in [6.45, 7) is 7.30. The van der Waals surface area contributed by atoms with Gasteiger partial charge in [0.1, 0.15) is 5.75 Å². The van der Waals surface area contributed by atoms with Gasteiger partial charge in [0.25, 0.3) is 0 Å². The monoisotopic (exact) mass is 333 g/mol. The van der Waals surface area contributed by atoms with Crippen LogP contribution in [0.5, 0.6) is 5.75 Å². The van der Waals surface area contributed by atoms with Gasteiger partial charge in [0.15, 0.2) is 0 Å². The Morgan fingerprint density at radius 1 is 1.38 bits per heavy atom. The highest BCUT2D eigenvalue weighted by Crippen LogP contribution is 2.25. The number of likely N-dealkylation sites (N-methyl/N-ethyl adjacent to an activating group) is 1. The Kier molecular flexibility index (Phi) is 7.53. The normalized spacial score (nSPS) is 16.8. The molecule has 1 fully saturated rings. The van der Waals surface area contributed by atoms with Gasteiger partial charge in [-0.1, -0.05) is 25.1 Å². The Balaban J connectivity index is 1.89. The summed E-state index contributed by atoms with van der Waals surface area (Å²) in [6, 6.07) is 8.37. The van der Waals surface area contributed by atoms with Crippen LogP contribution in [0.4, 0.5) is 0 Å². The number of piperidine rings is 1. The Hall–Kier alpha value is -1.59. The van der Waals surface area contributed by atoms with E-state index in [2.05, 4.69) is 22.5 Å². The van der Waals surface area contributed by atoms with Crippen LogP contribution in [0.1, 0.15) is 44.7 Å². The molecule has 1 amide bonds. The molecule has 1 aromatic carbocycles. The molecular weight excluding hydrogens is 302 g/mol. The third-order valence-corrected chi connectivity index (χ3v) is 4.55. The van der Waals surface area contributed by atoms with Crippen molar-refractivity contribution in [1.82, 2.24) is 15.5 Å². The number of carbonyl (C=O) groups is 1. The smallest absolute Gasteiger partial charge is 0.234 e. The number of ether oxygens (including phenoxy) is 1. The fraction of sp³-hybridized carbons (Fsp3) is 0.632. The summed E-state index contributed by atoms with van der Waals surface area (Å²) in [7, 11) is 2.04. The van der Waals surface area contributed by atoms with Crippen LogP contribution in [-0.4, -0.2) is 50.1 Å². The minimum absolute atomic E-state index is 0.0630. The van der Waals surface area contributed by atoms with Crippen molar-refractivity contribution in [1.29, 1.82) is 0 Å². The molecule has 0 spiro atoms. The number of hydrogen-bond acceptors (Lipinski definition) is 4. The van der Waals surface area contributed by atoms with Gasteiger partial charge in [-0.2, -0.15) is 0 Å². The lowest BCUT2D eigenvalue weighted by Gasteiger charge is -2.31. The summed E-state index contributed by atoms with van der Waals surface area (Å²) in [5, 5.41) is 6.47. The van der Waals surface area contributed by atoms with Crippen molar-refractivity contribution in [3.63, 3.8) is 0 Å². The summed E-state index contributed by atoms with van der Waals surface area (Å²) in [5.74, 6) is 0.924. The minimum Gasteiger partial charge on any atom is -0.493 e. The van der Waals surface area contributed by atoms with Crippen LogP contribution in [0.25, 0.3) is 0 Å². The first-order valence-electron chi connectivity index (χ1n) is 9.03. The molecule has 0 saturated carbocycles. The molecule has 1 aliphatic heterocycles. The van der Waals surface area contributed by atoms with Crippen molar-refractivity contribution >= 4 is 5.91 Å². The quantitative estimate of drug-likeness (QED) is 0.767. The lowest BCUT2D eigenvalue weighted by atomic mass is 10.1. The second kappa shape index (κ2) is 9.64. The molecular formula is C19H31N3O2. The molecule has 0 aromatic heterocycles. The van der Waals surface area contributed by atoms with Crippen molar-refractivity contribution in [3.8, 4) is 5.75 Å². The van der Waals surface area contributed by atoms with E-state index in [1.54, 1.807) is 0 Å². The molecule has 1 saturated heterocycles. The summed E-state index contributed by atoms with van der Waals surface area (Å²) in [4.78, 5) is 14.6. The first kappa shape index (κ1) is 18.7. The molecule has 134 valence electrons. The van der Waals surface area contributed by atoms with E-state index >= 15 is 0 Å². The van der Waals surface area contributed by atoms with Gasteiger partial charge in [-0.15, -0.1) is 0 Å². The van der Waals surface area contributed by atoms with Gasteiger partial charge in [0.05, 0.1) is 19.2 Å². The van der Waals surface area contributed by atoms with Crippen LogP contribution in [0.3, 0.4) is 0 Å². The van der Waals surface area contributed by atoms with Crippen molar-refractivity contribution in [2.24, 2.45) is 0 Å². The third kappa shape index (κ3) is 5.49. The molecule has 24 heavy (non-hydrogen) atoms. The molecule has 2 rings (SSSR count). The number of benzene rings is 1. The molecule has 5 heteroatoms. The van der Waals surface area contributed by atoms with Gasteiger partial charge >= 0.3 is 0 Å². The van der Waals surface area contributed by atoms with E-state index in [-0.39, 0.29) is 11.9 Å². The van der Waals surface area contributed by atoms with Crippen LogP contribution in [0, 0.1) is 0 Å². The van der Waals surface area contributed by atoms with Crippen LogP contribution in [-0.2, 0) is 4.79 Å². The first-order chi connectivity index (χ1) is 11.6. The molecule has 5 nitrogen and oxygen atoms in total. The van der Waals surface area contributed by atoms with Gasteiger partial charge < -0.3 is 15.4 Å². The number of hydrogen-bond donors (Lipinski definition) is 2. The van der Waals surface area contributed by atoms with Gasteiger partial charge in [-0.3, -0.25) is 9.69 Å². The summed E-state index contributed by atoms with van der Waals surface area (Å²) < 4.78 is 5.80. The van der Waals surface area contributed by atoms with E-state index in [1.165, 1.54) is 0 Å². The molecule has 0 bridgehead atoms. The Morgan fingerprint density at radius 3 is 2.79 bits per heavy atom. The zero-order valence-corrected chi connectivity index (χ0v) is 15.2. The Bertz CT molecular complexity index is 515. The summed E-state index contributed by atoms with van der Waals surface area (Å²) in [6.07, 6.45) is 3.18. The van der Waals surface area contributed by atoms with Crippen LogP contribution < -0.4 is 15.4 Å². The maximum absolute atomic E-state index is 12.4. The lowest BCUT2D eigenvalue weighted by Crippen LogP contribution is -2.45. The van der Waals surface area contributed by atoms with Crippen LogP contribution >= 0.6 is 0 Å². The highest BCUT2D eigenvalue weighted by atomic mass is 16.5. The number of nitrogens with one attached hydrogen (secondary N) is 2. The minimum atomic E-state index is -0.0630. The Labute approximate surface area is 145 Å². The number of para-hydroxylation sites is 1. The van der Waals surface area contributed by atoms with E-state index in [9.17, 15) is 4.79 Å². The molecule has 1 atom stereocenters. The van der Waals surface area contributed by atoms with Gasteiger partial charge in [0.2, 0.25) is 5.91 Å². The fourth-order valence-electron chi connectivity index (χ4n) is 3.15. The lowest BCUT2D eigenvalue weighted by molar-refractivity contribution is -0.123. The molecule has 0 unspecified atom stereocenters. The van der Waals surface area contributed by atoms with Crippen LogP contribution in [0.15, 0.2) is 24.3 Å². The van der Waals surface area contributed by atoms with Gasteiger partial charge in [-0.25, -0.2) is 0 Å². The molecule has 1 aromatic rings. The Morgan fingerprint density at radius 2 is 2.08 bits per heavy atom. The predicted molar refractivity (Wildman–Crippen MR) is 97.3 cm³/mol. The average Bonchev–Trinajstić information content (AvgIpc) is 2.60. The third-order valence-electron chi connectivity index (χ3n) is 4.55. The number of rotatable bonds is 8. The molecule has 0 aliphatic carbocycles. The maximum Gasteiger partial charge on any atom is 0.234 e. The van der Waals surface area contributed by atoms with E-state index in [0.717, 1.165) is 43.7 Å². The van der Waals surface area contributed by atoms with Crippen molar-refractivity contribution in [2.75, 3.05) is 33.3 Å². The molecule has 0 radical (unpaired) electrons. The first-order valence-corrected chi connectivity index (χ1v) is 9.03. The highest BCUT2D eigenvalue weighted by Gasteiger charge is 2.21.